The molecule has 6 heterocycles. The van der Waals surface area contributed by atoms with Gasteiger partial charge in [-0.1, -0.05) is 0 Å². The van der Waals surface area contributed by atoms with E-state index in [2.05, 4.69) is 94.5 Å². The van der Waals surface area contributed by atoms with Gasteiger partial charge >= 0.3 is 0 Å². The standard InChI is InChI=1S/C39H69N19O12S6/c1-37(52-53-37)13-46-34(74)49-28-25(65)22(62)19(59)16(68-28)10-43-31(71)40-4-7-58(8-5-41-32(72)44-11-17-20(60)23(63)26(66)29(69-17)50-35(75)47-14-38(2)54-55-38)9-6-42-33(73)45-12-18-21(61)24(64)27(67)30(70-18)51-36(76)48-15-39(3)56-57-39/h16-30,59-67H,4-15H2,1-3H3,(H2,40,43,71)(H2,41,44,72)(H2,42,45,73)(H2,46,49,74)(H2,47,50,75)(H2,48,51,76)/t16-,17-,18-,19-,20-,21-,22+,23+,24+,25+,26+,27+,28+,29+,30+/m1/s1. The summed E-state index contributed by atoms with van der Waals surface area (Å²) in [5, 5.41) is 156. The molecule has 15 atom stereocenters. The molecule has 76 heavy (non-hydrogen) atoms. The average molecular weight is 1190 g/mol. The first-order valence-corrected chi connectivity index (χ1v) is 26.6. The van der Waals surface area contributed by atoms with Gasteiger partial charge in [-0.15, -0.1) is 0 Å². The van der Waals surface area contributed by atoms with Crippen LogP contribution in [0.4, 0.5) is 0 Å². The Labute approximate surface area is 469 Å². The second kappa shape index (κ2) is 27.5. The summed E-state index contributed by atoms with van der Waals surface area (Å²) >= 11 is 32.5. The number of hydrogen-bond donors (Lipinski definition) is 21. The first-order valence-electron chi connectivity index (χ1n) is 24.2. The predicted molar refractivity (Wildman–Crippen MR) is 293 cm³/mol. The van der Waals surface area contributed by atoms with Gasteiger partial charge in [0.15, 0.2) is 49.4 Å². The highest BCUT2D eigenvalue weighted by Crippen LogP contribution is 2.28. The van der Waals surface area contributed by atoms with E-state index in [1.54, 1.807) is 20.8 Å². The molecule has 428 valence electrons. The number of aliphatic hydroxyl groups is 9. The van der Waals surface area contributed by atoms with Crippen LogP contribution in [0.25, 0.3) is 0 Å². The highest BCUT2D eigenvalue weighted by molar-refractivity contribution is 7.81. The third kappa shape index (κ3) is 18.8. The van der Waals surface area contributed by atoms with Crippen LogP contribution in [0, 0.1) is 0 Å². The molecule has 21 N–H and O–H groups in total. The largest absolute Gasteiger partial charge is 0.388 e. The minimum absolute atomic E-state index is 0.0491. The Kier molecular flexibility index (Phi) is 22.3. The molecular formula is C39H69N19O12S6. The molecule has 6 aliphatic rings. The molecule has 0 aromatic rings. The van der Waals surface area contributed by atoms with Crippen LogP contribution in [0.5, 0.6) is 0 Å². The maximum absolute atomic E-state index is 10.7. The Morgan fingerprint density at radius 1 is 0.368 bits per heavy atom. The molecule has 0 spiro atoms. The van der Waals surface area contributed by atoms with Crippen molar-refractivity contribution >= 4 is 104 Å². The summed E-state index contributed by atoms with van der Waals surface area (Å²) in [6.45, 7) is 8.41. The molecule has 0 saturated carbocycles. The second-order valence-electron chi connectivity index (χ2n) is 19.2. The third-order valence-corrected chi connectivity index (χ3v) is 14.2. The van der Waals surface area contributed by atoms with Gasteiger partial charge in [0.1, 0.15) is 73.2 Å². The molecule has 0 aliphatic carbocycles. The first kappa shape index (κ1) is 61.6. The normalized spacial score (nSPS) is 32.9. The molecule has 0 aromatic heterocycles. The SMILES string of the molecule is CC1(CNC(=S)N[C@H]2O[C@H](CNC(=S)NCCN(CCNC(=S)NC[C@H]3O[C@H](NC(=S)NCC4(C)N=N4)[C@@H](O)[C@@H](O)[C@@H]3O)CCNC(=S)NC[C@H]3O[C@H](NC(=S)NCC4(C)N=N4)[C@@H](O)[C@@H](O)[C@@H]3O)[C@@H](O)[C@H](O)[C@@H]2O)N=N1. The van der Waals surface area contributed by atoms with Gasteiger partial charge in [-0.05, 0) is 94.1 Å². The van der Waals surface area contributed by atoms with Crippen LogP contribution < -0.4 is 63.8 Å². The lowest BCUT2D eigenvalue weighted by Crippen LogP contribution is -2.65. The Bertz CT molecular complexity index is 1910. The van der Waals surface area contributed by atoms with Crippen molar-refractivity contribution in [3.63, 3.8) is 0 Å². The van der Waals surface area contributed by atoms with Crippen molar-refractivity contribution in [3.05, 3.63) is 0 Å². The summed E-state index contributed by atoms with van der Waals surface area (Å²) in [5.41, 5.74) is -1.76. The van der Waals surface area contributed by atoms with Crippen LogP contribution in [0.2, 0.25) is 0 Å². The van der Waals surface area contributed by atoms with Crippen molar-refractivity contribution in [2.24, 2.45) is 30.7 Å². The number of rotatable bonds is 24. The summed E-state index contributed by atoms with van der Waals surface area (Å²) in [7, 11) is 0. The molecule has 37 heteroatoms. The van der Waals surface area contributed by atoms with Crippen LogP contribution in [-0.4, -0.2) is 269 Å². The number of thiocarbonyl (C=S) groups is 6. The quantitative estimate of drug-likeness (QED) is 0.0399. The van der Waals surface area contributed by atoms with Gasteiger partial charge in [0.05, 0.1) is 19.6 Å². The summed E-state index contributed by atoms with van der Waals surface area (Å²) in [6.07, 6.45) is -20.1. The van der Waals surface area contributed by atoms with Crippen LogP contribution in [0.3, 0.4) is 0 Å². The molecule has 3 saturated heterocycles. The Morgan fingerprint density at radius 2 is 0.618 bits per heavy atom. The molecule has 0 unspecified atom stereocenters. The van der Waals surface area contributed by atoms with Crippen LogP contribution in [0.15, 0.2) is 30.7 Å². The molecule has 31 nitrogen and oxygen atoms in total. The number of aliphatic hydroxyl groups excluding tert-OH is 9. The zero-order chi connectivity index (χ0) is 55.5. The molecule has 0 radical (unpaired) electrons. The molecule has 0 aromatic carbocycles. The Balaban J connectivity index is 0.957. The van der Waals surface area contributed by atoms with Crippen LogP contribution in [-0.2, 0) is 14.2 Å². The molecule has 3 fully saturated rings. The Hall–Kier alpha value is -3.58. The van der Waals surface area contributed by atoms with E-state index in [9.17, 15) is 46.0 Å². The van der Waals surface area contributed by atoms with E-state index in [0.717, 1.165) is 0 Å². The van der Waals surface area contributed by atoms with Gasteiger partial charge in [0.2, 0.25) is 17.0 Å². The highest BCUT2D eigenvalue weighted by atomic mass is 32.1. The third-order valence-electron chi connectivity index (χ3n) is 12.6. The first-order chi connectivity index (χ1) is 35.9. The second-order valence-corrected chi connectivity index (χ2v) is 21.6. The number of nitrogens with zero attached hydrogens (tertiary/aromatic N) is 7. The molecular weight excluding hydrogens is 1120 g/mol. The average Bonchev–Trinajstić information content (AvgIpc) is 4.35. The van der Waals surface area contributed by atoms with Crippen LogP contribution >= 0.6 is 73.3 Å². The summed E-state index contributed by atoms with van der Waals surface area (Å²) in [5.74, 6) is 0. The van der Waals surface area contributed by atoms with Crippen molar-refractivity contribution in [1.82, 2.24) is 68.7 Å². The lowest BCUT2D eigenvalue weighted by Gasteiger charge is -2.41. The number of nitrogens with one attached hydrogen (secondary N) is 12. The van der Waals surface area contributed by atoms with Crippen molar-refractivity contribution in [2.75, 3.05) is 78.5 Å². The topological polar surface area (TPSA) is 432 Å². The van der Waals surface area contributed by atoms with Gasteiger partial charge in [-0.25, -0.2) is 0 Å². The molecule has 0 bridgehead atoms. The lowest BCUT2D eigenvalue weighted by atomic mass is 9.98. The summed E-state index contributed by atoms with van der Waals surface area (Å²) in [6, 6.07) is 0. The van der Waals surface area contributed by atoms with Gasteiger partial charge in [0.25, 0.3) is 0 Å². The van der Waals surface area contributed by atoms with E-state index in [0.29, 0.717) is 58.9 Å². The predicted octanol–water partition coefficient (Wildman–Crippen LogP) is -7.96. The van der Waals surface area contributed by atoms with E-state index in [1.807, 2.05) is 4.90 Å². The number of ether oxygens (including phenoxy) is 3. The van der Waals surface area contributed by atoms with E-state index in [1.165, 1.54) is 0 Å². The van der Waals surface area contributed by atoms with Crippen molar-refractivity contribution in [1.29, 1.82) is 0 Å². The minimum atomic E-state index is -1.56. The Morgan fingerprint density at radius 3 is 0.855 bits per heavy atom. The van der Waals surface area contributed by atoms with Crippen molar-refractivity contribution in [3.8, 4) is 0 Å². The maximum Gasteiger partial charge on any atom is 0.205 e. The maximum atomic E-state index is 10.7. The van der Waals surface area contributed by atoms with Gasteiger partial charge in [-0.3, -0.25) is 4.90 Å². The highest BCUT2D eigenvalue weighted by Gasteiger charge is 2.47. The minimum Gasteiger partial charge on any atom is -0.388 e. The number of hydrogen-bond acceptors (Lipinski definition) is 25. The van der Waals surface area contributed by atoms with Gasteiger partial charge in [0, 0.05) is 58.9 Å². The van der Waals surface area contributed by atoms with Gasteiger partial charge < -0.3 is 124 Å². The smallest absolute Gasteiger partial charge is 0.205 e. The van der Waals surface area contributed by atoms with E-state index in [-0.39, 0.29) is 50.3 Å². The lowest BCUT2D eigenvalue weighted by molar-refractivity contribution is -0.223. The fraction of sp³-hybridized carbons (Fsp3) is 0.846. The fourth-order valence-corrected chi connectivity index (χ4v) is 8.67. The summed E-state index contributed by atoms with van der Waals surface area (Å²) in [4.78, 5) is 2.04. The van der Waals surface area contributed by atoms with Crippen molar-refractivity contribution < 1.29 is 60.2 Å². The van der Waals surface area contributed by atoms with E-state index in [4.69, 9.17) is 87.5 Å². The van der Waals surface area contributed by atoms with Gasteiger partial charge in [-0.2, -0.15) is 30.7 Å². The van der Waals surface area contributed by atoms with E-state index >= 15 is 0 Å². The molecule has 6 rings (SSSR count). The molecule has 6 aliphatic heterocycles. The summed E-state index contributed by atoms with van der Waals surface area (Å²) < 4.78 is 17.6. The monoisotopic (exact) mass is 1190 g/mol. The molecule has 0 amide bonds. The van der Waals surface area contributed by atoms with Crippen LogP contribution in [0.1, 0.15) is 20.8 Å². The van der Waals surface area contributed by atoms with Crippen molar-refractivity contribution in [2.45, 2.75) is 130 Å². The van der Waals surface area contributed by atoms with E-state index < -0.39 is 109 Å². The zero-order valence-electron chi connectivity index (χ0n) is 41.5. The zero-order valence-corrected chi connectivity index (χ0v) is 46.4. The fourth-order valence-electron chi connectivity index (χ4n) is 7.55.